The van der Waals surface area contributed by atoms with E-state index in [1.165, 1.54) is 40.1 Å². The van der Waals surface area contributed by atoms with Crippen molar-refractivity contribution in [3.8, 4) is 0 Å². The van der Waals surface area contributed by atoms with Gasteiger partial charge >= 0.3 is 6.09 Å². The number of likely N-dealkylation sites (tertiary alicyclic amines) is 2. The Bertz CT molecular complexity index is 1340. The second kappa shape index (κ2) is 9.38. The number of halogens is 1. The number of benzene rings is 1. The Hall–Kier alpha value is -3.73. The van der Waals surface area contributed by atoms with Crippen molar-refractivity contribution >= 4 is 23.0 Å². The molecular weight excluding hydrogens is 469 g/mol. The topological polar surface area (TPSA) is 121 Å². The summed E-state index contributed by atoms with van der Waals surface area (Å²) in [6, 6.07) is 7.16. The molecule has 2 saturated heterocycles. The van der Waals surface area contributed by atoms with Crippen LogP contribution in [0.4, 0.5) is 9.18 Å². The van der Waals surface area contributed by atoms with E-state index in [4.69, 9.17) is 5.11 Å². The minimum Gasteiger partial charge on any atom is -0.465 e. The average Bonchev–Trinajstić information content (AvgIpc) is 3.31. The summed E-state index contributed by atoms with van der Waals surface area (Å²) in [6.07, 6.45) is 4.23. The third kappa shape index (κ3) is 4.58. The molecule has 0 bridgehead atoms. The van der Waals surface area contributed by atoms with Gasteiger partial charge in [-0.2, -0.15) is 0 Å². The lowest BCUT2D eigenvalue weighted by Crippen LogP contribution is -2.49. The Morgan fingerprint density at radius 2 is 1.69 bits per heavy atom. The Balaban J connectivity index is 1.26. The lowest BCUT2D eigenvalue weighted by molar-refractivity contribution is -0.0299. The summed E-state index contributed by atoms with van der Waals surface area (Å²) in [5.41, 5.74) is -0.465. The summed E-state index contributed by atoms with van der Waals surface area (Å²) in [6.45, 7) is 1.58. The van der Waals surface area contributed by atoms with Crippen molar-refractivity contribution in [1.29, 1.82) is 0 Å². The number of carbonyl (C=O) groups excluding carboxylic acids is 1. The number of rotatable bonds is 4. The van der Waals surface area contributed by atoms with Crippen LogP contribution in [0.25, 0.3) is 11.0 Å². The largest absolute Gasteiger partial charge is 0.465 e. The fraction of sp³-hybridized carbons (Fsp3) is 0.440. The van der Waals surface area contributed by atoms with Crippen LogP contribution in [0.2, 0.25) is 0 Å². The molecule has 0 atom stereocenters. The van der Waals surface area contributed by atoms with Crippen molar-refractivity contribution in [2.24, 2.45) is 0 Å². The molecule has 2 fully saturated rings. The van der Waals surface area contributed by atoms with Crippen molar-refractivity contribution in [2.45, 2.75) is 43.9 Å². The van der Waals surface area contributed by atoms with Gasteiger partial charge in [0.05, 0.1) is 17.5 Å². The molecule has 5 rings (SSSR count). The Labute approximate surface area is 206 Å². The third-order valence-electron chi connectivity index (χ3n) is 7.36. The molecule has 0 radical (unpaired) electrons. The van der Waals surface area contributed by atoms with Crippen molar-refractivity contribution in [1.82, 2.24) is 23.9 Å². The molecule has 10 nitrogen and oxygen atoms in total. The van der Waals surface area contributed by atoms with Crippen molar-refractivity contribution in [3.05, 3.63) is 64.6 Å². The van der Waals surface area contributed by atoms with E-state index in [1.807, 2.05) is 10.8 Å². The molecule has 36 heavy (non-hydrogen) atoms. The molecule has 0 aliphatic carbocycles. The van der Waals surface area contributed by atoms with E-state index in [9.17, 15) is 23.9 Å². The summed E-state index contributed by atoms with van der Waals surface area (Å²) in [5, 5.41) is 20.8. The van der Waals surface area contributed by atoms with Crippen LogP contribution in [0.3, 0.4) is 0 Å². The molecule has 11 heteroatoms. The van der Waals surface area contributed by atoms with Gasteiger partial charge in [-0.25, -0.2) is 14.2 Å². The quantitative estimate of drug-likeness (QED) is 0.571. The maximum atomic E-state index is 13.2. The standard InChI is InChI=1S/C25H28FN5O5/c26-18-3-1-17(2-4-18)22(32)28-13-8-25(36,9-14-28)15-30-16-27-21-20(23(30)33)7-12-31(21)19-5-10-29(11-6-19)24(34)35/h1-4,7,12,16,19,36H,5-6,8-11,13-15H2,(H,34,35). The minimum atomic E-state index is -1.16. The lowest BCUT2D eigenvalue weighted by atomic mass is 9.91. The van der Waals surface area contributed by atoms with Crippen LogP contribution >= 0.6 is 0 Å². The second-order valence-corrected chi connectivity index (χ2v) is 9.66. The maximum absolute atomic E-state index is 13.2. The molecule has 3 aromatic rings. The number of fused-ring (bicyclic) bond motifs is 1. The van der Waals surface area contributed by atoms with E-state index in [1.54, 1.807) is 11.0 Å². The van der Waals surface area contributed by atoms with Crippen molar-refractivity contribution < 1.29 is 24.2 Å². The van der Waals surface area contributed by atoms with Gasteiger partial charge in [-0.05, 0) is 56.0 Å². The van der Waals surface area contributed by atoms with Gasteiger partial charge in [-0.3, -0.25) is 14.2 Å². The zero-order valence-electron chi connectivity index (χ0n) is 19.7. The molecule has 2 aromatic heterocycles. The van der Waals surface area contributed by atoms with Gasteiger partial charge in [-0.1, -0.05) is 0 Å². The highest BCUT2D eigenvalue weighted by Crippen LogP contribution is 2.27. The third-order valence-corrected chi connectivity index (χ3v) is 7.36. The van der Waals surface area contributed by atoms with Gasteiger partial charge in [0.1, 0.15) is 17.8 Å². The molecule has 4 heterocycles. The van der Waals surface area contributed by atoms with E-state index in [2.05, 4.69) is 4.98 Å². The summed E-state index contributed by atoms with van der Waals surface area (Å²) in [7, 11) is 0. The van der Waals surface area contributed by atoms with E-state index >= 15 is 0 Å². The monoisotopic (exact) mass is 497 g/mol. The molecule has 2 aliphatic rings. The second-order valence-electron chi connectivity index (χ2n) is 9.66. The SMILES string of the molecule is O=C(O)N1CCC(n2ccc3c(=O)n(CC4(O)CCN(C(=O)c5ccc(F)cc5)CC4)cnc32)CC1. The first-order valence-electron chi connectivity index (χ1n) is 12.1. The Morgan fingerprint density at radius 3 is 2.33 bits per heavy atom. The molecule has 2 aliphatic heterocycles. The van der Waals surface area contributed by atoms with E-state index in [0.717, 1.165) is 0 Å². The van der Waals surface area contributed by atoms with Gasteiger partial charge in [0.25, 0.3) is 11.5 Å². The summed E-state index contributed by atoms with van der Waals surface area (Å²) < 4.78 is 16.5. The van der Waals surface area contributed by atoms with Gasteiger partial charge in [0.2, 0.25) is 0 Å². The number of aromatic nitrogens is 3. The van der Waals surface area contributed by atoms with Crippen LogP contribution in [0.15, 0.2) is 47.7 Å². The average molecular weight is 498 g/mol. The number of amides is 2. The molecule has 2 N–H and O–H groups in total. The first-order chi connectivity index (χ1) is 17.2. The highest BCUT2D eigenvalue weighted by molar-refractivity contribution is 5.94. The van der Waals surface area contributed by atoms with Crippen LogP contribution in [0, 0.1) is 5.82 Å². The molecule has 0 unspecified atom stereocenters. The highest BCUT2D eigenvalue weighted by atomic mass is 19.1. The first-order valence-corrected chi connectivity index (χ1v) is 12.1. The number of hydrogen-bond donors (Lipinski definition) is 2. The van der Waals surface area contributed by atoms with Crippen molar-refractivity contribution in [3.63, 3.8) is 0 Å². The zero-order chi connectivity index (χ0) is 25.4. The normalized spacial score (nSPS) is 18.5. The van der Waals surface area contributed by atoms with Gasteiger partial charge in [0.15, 0.2) is 0 Å². The smallest absolute Gasteiger partial charge is 0.407 e. The maximum Gasteiger partial charge on any atom is 0.407 e. The Morgan fingerprint density at radius 1 is 1.03 bits per heavy atom. The summed E-state index contributed by atoms with van der Waals surface area (Å²) in [4.78, 5) is 44.6. The van der Waals surface area contributed by atoms with Crippen LogP contribution < -0.4 is 5.56 Å². The molecule has 2 amide bonds. The predicted molar refractivity (Wildman–Crippen MR) is 128 cm³/mol. The Kier molecular flexibility index (Phi) is 6.25. The van der Waals surface area contributed by atoms with Crippen molar-refractivity contribution in [2.75, 3.05) is 26.2 Å². The van der Waals surface area contributed by atoms with Crippen LogP contribution in [0.1, 0.15) is 42.1 Å². The number of piperidine rings is 2. The van der Waals surface area contributed by atoms with E-state index in [0.29, 0.717) is 68.5 Å². The molecule has 0 spiro atoms. The van der Waals surface area contributed by atoms with Gasteiger partial charge < -0.3 is 24.6 Å². The summed E-state index contributed by atoms with van der Waals surface area (Å²) >= 11 is 0. The number of carbonyl (C=O) groups is 2. The summed E-state index contributed by atoms with van der Waals surface area (Å²) in [5.74, 6) is -0.623. The predicted octanol–water partition coefficient (Wildman–Crippen LogP) is 2.32. The van der Waals surface area contributed by atoms with Gasteiger partial charge in [-0.15, -0.1) is 0 Å². The molecule has 190 valence electrons. The number of hydrogen-bond acceptors (Lipinski definition) is 5. The lowest BCUT2D eigenvalue weighted by Gasteiger charge is -2.38. The van der Waals surface area contributed by atoms with Crippen LogP contribution in [-0.4, -0.2) is 77.9 Å². The fourth-order valence-corrected chi connectivity index (χ4v) is 5.19. The minimum absolute atomic E-state index is 0.0630. The number of aliphatic hydroxyl groups is 1. The van der Waals surface area contributed by atoms with E-state index in [-0.39, 0.29) is 24.1 Å². The molecule has 0 saturated carbocycles. The number of carboxylic acid groups (broad SMARTS) is 1. The molecular formula is C25H28FN5O5. The highest BCUT2D eigenvalue weighted by Gasteiger charge is 2.35. The van der Waals surface area contributed by atoms with E-state index < -0.39 is 17.5 Å². The first kappa shape index (κ1) is 24.0. The zero-order valence-corrected chi connectivity index (χ0v) is 19.7. The fourth-order valence-electron chi connectivity index (χ4n) is 5.19. The van der Waals surface area contributed by atoms with Gasteiger partial charge in [0, 0.05) is 44.0 Å². The number of nitrogens with zero attached hydrogens (tertiary/aromatic N) is 5. The van der Waals surface area contributed by atoms with Crippen LogP contribution in [0.5, 0.6) is 0 Å². The van der Waals surface area contributed by atoms with Crippen LogP contribution in [-0.2, 0) is 6.54 Å². The molecule has 1 aromatic carbocycles.